The van der Waals surface area contributed by atoms with Gasteiger partial charge < -0.3 is 0 Å². The van der Waals surface area contributed by atoms with Crippen molar-refractivity contribution in [3.63, 3.8) is 0 Å². The zero-order valence-electron chi connectivity index (χ0n) is 10.8. The van der Waals surface area contributed by atoms with E-state index in [9.17, 15) is 26.3 Å². The van der Waals surface area contributed by atoms with Crippen molar-refractivity contribution in [2.45, 2.75) is 19.3 Å². The van der Waals surface area contributed by atoms with Gasteiger partial charge in [0.1, 0.15) is 12.1 Å². The summed E-state index contributed by atoms with van der Waals surface area (Å²) in [5, 5.41) is 20.0. The van der Waals surface area contributed by atoms with Gasteiger partial charge >= 0.3 is 12.4 Å². The van der Waals surface area contributed by atoms with Gasteiger partial charge in [-0.1, -0.05) is 0 Å². The van der Waals surface area contributed by atoms with Gasteiger partial charge in [-0.15, -0.1) is 0 Å². The van der Waals surface area contributed by atoms with E-state index >= 15 is 0 Å². The van der Waals surface area contributed by atoms with Gasteiger partial charge in [-0.25, -0.2) is 0 Å². The Labute approximate surface area is 120 Å². The largest absolute Gasteiger partial charge is 0.416 e. The van der Waals surface area contributed by atoms with E-state index in [0.29, 0.717) is 6.07 Å². The van der Waals surface area contributed by atoms with Crippen molar-refractivity contribution in [1.82, 2.24) is 0 Å². The van der Waals surface area contributed by atoms with Crippen molar-refractivity contribution in [1.29, 1.82) is 10.5 Å². The quantitative estimate of drug-likeness (QED) is 0.511. The zero-order valence-corrected chi connectivity index (χ0v) is 10.8. The number of nitrogens with zero attached hydrogens (tertiary/aromatic N) is 3. The average Bonchev–Trinajstić information content (AvgIpc) is 2.38. The minimum absolute atomic E-state index is 0.0142. The second-order valence-corrected chi connectivity index (χ2v) is 3.99. The summed E-state index contributed by atoms with van der Waals surface area (Å²) in [6.45, 7) is 0.944. The number of halogens is 6. The van der Waals surface area contributed by atoms with Gasteiger partial charge in [-0.2, -0.15) is 42.0 Å². The van der Waals surface area contributed by atoms with Gasteiger partial charge in [-0.05, 0) is 24.6 Å². The van der Waals surface area contributed by atoms with Gasteiger partial charge in [0, 0.05) is 0 Å². The lowest BCUT2D eigenvalue weighted by molar-refractivity contribution is -0.143. The van der Waals surface area contributed by atoms with E-state index in [1.165, 1.54) is 12.1 Å². The first-order valence-electron chi connectivity index (χ1n) is 5.43. The average molecular weight is 320 g/mol. The summed E-state index contributed by atoms with van der Waals surface area (Å²) in [6.07, 6.45) is -10.0. The van der Waals surface area contributed by atoms with Crippen LogP contribution in [0.25, 0.3) is 0 Å². The molecule has 0 aliphatic heterocycles. The molecule has 0 aliphatic rings. The molecule has 10 heteroatoms. The van der Waals surface area contributed by atoms with Crippen molar-refractivity contribution in [3.8, 4) is 12.1 Å². The number of rotatable bonds is 2. The van der Waals surface area contributed by atoms with Crippen LogP contribution in [0.4, 0.5) is 32.0 Å². The van der Waals surface area contributed by atoms with Crippen LogP contribution in [-0.4, -0.2) is 5.71 Å². The highest BCUT2D eigenvalue weighted by atomic mass is 19.4. The SMILES string of the molecule is Cc1c(NN=C(C#N)C#N)cc(C(F)(F)F)cc1C(F)(F)F. The Hall–Kier alpha value is -2.75. The standard InChI is InChI=1S/C12H6F6N4/c1-6-9(12(16,17)18)2-7(11(13,14)15)3-10(6)22-21-8(4-19)5-20/h2-3,22H,1H3. The number of hydrogen-bond donors (Lipinski definition) is 1. The molecule has 4 nitrogen and oxygen atoms in total. The van der Waals surface area contributed by atoms with Crippen molar-refractivity contribution >= 4 is 11.4 Å². The second kappa shape index (κ2) is 5.93. The molecule has 116 valence electrons. The van der Waals surface area contributed by atoms with Crippen LogP contribution in [0, 0.1) is 29.6 Å². The number of alkyl halides is 6. The van der Waals surface area contributed by atoms with E-state index in [4.69, 9.17) is 10.5 Å². The number of anilines is 1. The summed E-state index contributed by atoms with van der Waals surface area (Å²) in [7, 11) is 0. The minimum atomic E-state index is -5.00. The Morgan fingerprint density at radius 1 is 1.05 bits per heavy atom. The normalized spacial score (nSPS) is 11.3. The molecule has 0 saturated carbocycles. The Bertz CT molecular complexity index is 672. The van der Waals surface area contributed by atoms with Crippen LogP contribution >= 0.6 is 0 Å². The molecule has 0 amide bonds. The van der Waals surface area contributed by atoms with Crippen LogP contribution in [0.1, 0.15) is 16.7 Å². The summed E-state index contributed by atoms with van der Waals surface area (Å²) >= 11 is 0. The van der Waals surface area contributed by atoms with Gasteiger partial charge in [0.25, 0.3) is 0 Å². The maximum Gasteiger partial charge on any atom is 0.416 e. The minimum Gasteiger partial charge on any atom is -0.276 e. The van der Waals surface area contributed by atoms with Gasteiger partial charge in [0.05, 0.1) is 16.8 Å². The second-order valence-electron chi connectivity index (χ2n) is 3.99. The van der Waals surface area contributed by atoms with Gasteiger partial charge in [0.15, 0.2) is 0 Å². The highest BCUT2D eigenvalue weighted by molar-refractivity contribution is 6.10. The molecule has 0 atom stereocenters. The molecule has 1 aromatic carbocycles. The summed E-state index contributed by atoms with van der Waals surface area (Å²) in [5.74, 6) is 0. The van der Waals surface area contributed by atoms with Crippen LogP contribution in [-0.2, 0) is 12.4 Å². The molecule has 0 heterocycles. The Morgan fingerprint density at radius 3 is 2.00 bits per heavy atom. The van der Waals surface area contributed by atoms with Crippen LogP contribution in [0.3, 0.4) is 0 Å². The predicted octanol–water partition coefficient (Wildman–Crippen LogP) is 3.85. The topological polar surface area (TPSA) is 72.0 Å². The van der Waals surface area contributed by atoms with E-state index in [0.717, 1.165) is 6.92 Å². The highest BCUT2D eigenvalue weighted by Crippen LogP contribution is 2.40. The number of benzene rings is 1. The van der Waals surface area contributed by atoms with E-state index in [2.05, 4.69) is 5.10 Å². The smallest absolute Gasteiger partial charge is 0.276 e. The molecule has 1 N–H and O–H groups in total. The van der Waals surface area contributed by atoms with Crippen LogP contribution < -0.4 is 5.43 Å². The van der Waals surface area contributed by atoms with Crippen LogP contribution in [0.2, 0.25) is 0 Å². The Kier molecular flexibility index (Phi) is 4.67. The monoisotopic (exact) mass is 320 g/mol. The first-order chi connectivity index (χ1) is 10.0. The number of hydrogen-bond acceptors (Lipinski definition) is 4. The zero-order chi connectivity index (χ0) is 17.1. The first kappa shape index (κ1) is 17.3. The Morgan fingerprint density at radius 2 is 1.59 bits per heavy atom. The van der Waals surface area contributed by atoms with E-state index < -0.39 is 40.4 Å². The van der Waals surface area contributed by atoms with Crippen molar-refractivity contribution < 1.29 is 26.3 Å². The molecule has 0 aliphatic carbocycles. The summed E-state index contributed by atoms with van der Waals surface area (Å²) in [6, 6.07) is 3.03. The number of nitrogens with one attached hydrogen (secondary N) is 1. The molecular weight excluding hydrogens is 314 g/mol. The molecule has 0 bridgehead atoms. The molecule has 22 heavy (non-hydrogen) atoms. The first-order valence-corrected chi connectivity index (χ1v) is 5.43. The fourth-order valence-corrected chi connectivity index (χ4v) is 1.48. The fourth-order valence-electron chi connectivity index (χ4n) is 1.48. The lowest BCUT2D eigenvalue weighted by Gasteiger charge is -2.17. The van der Waals surface area contributed by atoms with Crippen LogP contribution in [0.5, 0.6) is 0 Å². The molecule has 1 rings (SSSR count). The molecule has 1 aromatic rings. The summed E-state index contributed by atoms with van der Waals surface area (Å²) in [4.78, 5) is 0. The maximum absolute atomic E-state index is 12.8. The van der Waals surface area contributed by atoms with Crippen molar-refractivity contribution in [2.75, 3.05) is 5.43 Å². The summed E-state index contributed by atoms with van der Waals surface area (Å²) < 4.78 is 76.4. The highest BCUT2D eigenvalue weighted by Gasteiger charge is 2.38. The fraction of sp³-hybridized carbons (Fsp3) is 0.250. The molecule has 0 fully saturated rings. The van der Waals surface area contributed by atoms with Crippen molar-refractivity contribution in [3.05, 3.63) is 28.8 Å². The lowest BCUT2D eigenvalue weighted by Crippen LogP contribution is -2.14. The number of nitriles is 2. The van der Waals surface area contributed by atoms with E-state index in [1.807, 2.05) is 5.43 Å². The molecule has 0 unspecified atom stereocenters. The molecule has 0 aromatic heterocycles. The molecule has 0 saturated heterocycles. The van der Waals surface area contributed by atoms with E-state index in [-0.39, 0.29) is 6.07 Å². The molecular formula is C12H6F6N4. The van der Waals surface area contributed by atoms with Gasteiger partial charge in [-0.3, -0.25) is 5.43 Å². The Balaban J connectivity index is 3.49. The summed E-state index contributed by atoms with van der Waals surface area (Å²) in [5.41, 5.74) is -3.03. The third-order valence-electron chi connectivity index (χ3n) is 2.54. The van der Waals surface area contributed by atoms with E-state index in [1.54, 1.807) is 0 Å². The predicted molar refractivity (Wildman–Crippen MR) is 63.5 cm³/mol. The maximum atomic E-state index is 12.8. The van der Waals surface area contributed by atoms with Crippen LogP contribution in [0.15, 0.2) is 17.2 Å². The van der Waals surface area contributed by atoms with Crippen molar-refractivity contribution in [2.24, 2.45) is 5.10 Å². The third kappa shape index (κ3) is 3.88. The lowest BCUT2D eigenvalue weighted by atomic mass is 10.0. The molecule has 0 spiro atoms. The van der Waals surface area contributed by atoms with Gasteiger partial charge in [0.2, 0.25) is 5.71 Å². The number of hydrazone groups is 1. The third-order valence-corrected chi connectivity index (χ3v) is 2.54. The molecule has 0 radical (unpaired) electrons.